The van der Waals surface area contributed by atoms with E-state index in [-0.39, 0.29) is 17.8 Å². The number of piperidine rings is 2. The number of halogens is 6. The predicted molar refractivity (Wildman–Crippen MR) is 170 cm³/mol. The van der Waals surface area contributed by atoms with Crippen molar-refractivity contribution in [3.63, 3.8) is 0 Å². The van der Waals surface area contributed by atoms with Crippen molar-refractivity contribution in [1.29, 1.82) is 0 Å². The minimum absolute atomic E-state index is 0.143. The van der Waals surface area contributed by atoms with Crippen molar-refractivity contribution in [2.75, 3.05) is 45.0 Å². The summed E-state index contributed by atoms with van der Waals surface area (Å²) in [5.74, 6) is -2.49. The fourth-order valence-corrected chi connectivity index (χ4v) is 7.88. The van der Waals surface area contributed by atoms with Crippen LogP contribution < -0.4 is 5.73 Å². The first-order chi connectivity index (χ1) is 23.1. The molecule has 0 bridgehead atoms. The number of anilines is 1. The molecular formula is C34H48F6N4O5. The highest BCUT2D eigenvalue weighted by Crippen LogP contribution is 2.42. The standard InChI is InChI=1S/C32H47F3N4O3.C2HF3O2/c1-2-3-10-24-22-39(21-23-8-5-4-6-9-23)30(41)42-31(24)15-19-37(20-16-31)25-13-17-38(18-14-25)29(40)28-26(32(33,34)35)11-7-12-27(28)36;3-2(4,5)1(6)7/h7,11-12,23-25H,2-6,8-10,13-22,36H2,1H3;(H,6,7). The summed E-state index contributed by atoms with van der Waals surface area (Å²) in [5.41, 5.74) is 3.87. The minimum Gasteiger partial charge on any atom is -0.475 e. The average molecular weight is 707 g/mol. The van der Waals surface area contributed by atoms with E-state index >= 15 is 0 Å². The fourth-order valence-electron chi connectivity index (χ4n) is 7.88. The normalized spacial score (nSPS) is 22.8. The second-order valence-electron chi connectivity index (χ2n) is 13.8. The Balaban J connectivity index is 0.000000698. The van der Waals surface area contributed by atoms with E-state index < -0.39 is 41.0 Å². The van der Waals surface area contributed by atoms with Crippen molar-refractivity contribution in [3.05, 3.63) is 29.3 Å². The molecule has 1 aromatic rings. The number of unbranched alkanes of at least 4 members (excludes halogenated alkanes) is 1. The molecule has 1 unspecified atom stereocenters. The number of carboxylic acid groups (broad SMARTS) is 1. The Kier molecular flexibility index (Phi) is 12.7. The van der Waals surface area contributed by atoms with Gasteiger partial charge < -0.3 is 25.4 Å². The molecule has 1 aromatic carbocycles. The maximum atomic E-state index is 13.6. The van der Waals surface area contributed by atoms with Crippen LogP contribution in [0.25, 0.3) is 0 Å². The summed E-state index contributed by atoms with van der Waals surface area (Å²) in [7, 11) is 0. The van der Waals surface area contributed by atoms with Crippen molar-refractivity contribution >= 4 is 23.7 Å². The highest BCUT2D eigenvalue weighted by Gasteiger charge is 2.50. The quantitative estimate of drug-likeness (QED) is 0.228. The highest BCUT2D eigenvalue weighted by molar-refractivity contribution is 6.00. The van der Waals surface area contributed by atoms with Gasteiger partial charge in [-0.05, 0) is 50.2 Å². The summed E-state index contributed by atoms with van der Waals surface area (Å²) in [6.07, 6.45) is 2.66. The number of rotatable bonds is 7. The lowest BCUT2D eigenvalue weighted by atomic mass is 9.75. The van der Waals surface area contributed by atoms with Crippen LogP contribution >= 0.6 is 0 Å². The molecule has 5 rings (SSSR count). The molecule has 3 saturated heterocycles. The number of hydrogen-bond acceptors (Lipinski definition) is 6. The van der Waals surface area contributed by atoms with Gasteiger partial charge in [-0.25, -0.2) is 9.59 Å². The molecule has 49 heavy (non-hydrogen) atoms. The van der Waals surface area contributed by atoms with Crippen LogP contribution in [0.3, 0.4) is 0 Å². The maximum Gasteiger partial charge on any atom is 0.490 e. The van der Waals surface area contributed by atoms with Gasteiger partial charge in [0, 0.05) is 69.8 Å². The second-order valence-corrected chi connectivity index (χ2v) is 13.8. The minimum atomic E-state index is -5.08. The predicted octanol–water partition coefficient (Wildman–Crippen LogP) is 7.20. The number of carboxylic acids is 1. The van der Waals surface area contributed by atoms with Crippen LogP contribution in [-0.4, -0.2) is 94.9 Å². The Hall–Kier alpha value is -3.23. The van der Waals surface area contributed by atoms with E-state index in [1.165, 1.54) is 49.1 Å². The third kappa shape index (κ3) is 9.72. The Labute approximate surface area is 283 Å². The van der Waals surface area contributed by atoms with Gasteiger partial charge in [0.05, 0.1) is 11.1 Å². The number of nitrogens with zero attached hydrogens (tertiary/aromatic N) is 3. The molecule has 0 radical (unpaired) electrons. The smallest absolute Gasteiger partial charge is 0.475 e. The zero-order valence-corrected chi connectivity index (χ0v) is 28.0. The van der Waals surface area contributed by atoms with E-state index in [1.807, 2.05) is 4.90 Å². The molecule has 1 atom stereocenters. The summed E-state index contributed by atoms with van der Waals surface area (Å²) in [6, 6.07) is 3.74. The SMILES string of the molecule is CCCCC1CN(CC2CCCCC2)C(=O)OC12CCN(C1CCN(C(=O)c3c(N)cccc3C(F)(F)F)CC1)CC2.O=C(O)C(F)(F)F. The number of likely N-dealkylation sites (tertiary alicyclic amines) is 2. The Morgan fingerprint density at radius 2 is 1.59 bits per heavy atom. The number of hydrogen-bond donors (Lipinski definition) is 2. The van der Waals surface area contributed by atoms with Gasteiger partial charge in [-0.1, -0.05) is 45.1 Å². The van der Waals surface area contributed by atoms with E-state index in [4.69, 9.17) is 20.4 Å². The number of amides is 2. The van der Waals surface area contributed by atoms with Crippen molar-refractivity contribution < 1.29 is 50.6 Å². The third-order valence-corrected chi connectivity index (χ3v) is 10.6. The van der Waals surface area contributed by atoms with Gasteiger partial charge >= 0.3 is 24.4 Å². The summed E-state index contributed by atoms with van der Waals surface area (Å²) in [5, 5.41) is 7.12. The lowest BCUT2D eigenvalue weighted by molar-refractivity contribution is -0.192. The van der Waals surface area contributed by atoms with Crippen LogP contribution in [0, 0.1) is 11.8 Å². The summed E-state index contributed by atoms with van der Waals surface area (Å²) >= 11 is 0. The highest BCUT2D eigenvalue weighted by atomic mass is 19.4. The molecule has 1 spiro atoms. The largest absolute Gasteiger partial charge is 0.490 e. The zero-order valence-electron chi connectivity index (χ0n) is 28.0. The van der Waals surface area contributed by atoms with Gasteiger partial charge in [0.25, 0.3) is 5.91 Å². The lowest BCUT2D eigenvalue weighted by Gasteiger charge is -2.52. The van der Waals surface area contributed by atoms with Crippen molar-refractivity contribution in [2.24, 2.45) is 11.8 Å². The van der Waals surface area contributed by atoms with Crippen LogP contribution in [0.15, 0.2) is 18.2 Å². The number of nitrogens with two attached hydrogens (primary N) is 1. The van der Waals surface area contributed by atoms with E-state index in [2.05, 4.69) is 11.8 Å². The molecule has 3 N–H and O–H groups in total. The molecule has 1 aliphatic carbocycles. The molecule has 4 aliphatic rings. The van der Waals surface area contributed by atoms with Crippen molar-refractivity contribution in [2.45, 2.75) is 108 Å². The summed E-state index contributed by atoms with van der Waals surface area (Å²) in [4.78, 5) is 41.2. The van der Waals surface area contributed by atoms with Gasteiger partial charge in [0.1, 0.15) is 5.60 Å². The van der Waals surface area contributed by atoms with Crippen LogP contribution in [0.4, 0.5) is 36.8 Å². The van der Waals surface area contributed by atoms with Crippen LogP contribution in [0.1, 0.15) is 99.9 Å². The second kappa shape index (κ2) is 16.2. The Bertz CT molecular complexity index is 1290. The molecule has 1 saturated carbocycles. The van der Waals surface area contributed by atoms with Crippen LogP contribution in [0.2, 0.25) is 0 Å². The monoisotopic (exact) mass is 706 g/mol. The molecule has 4 fully saturated rings. The first-order valence-electron chi connectivity index (χ1n) is 17.3. The molecule has 276 valence electrons. The first kappa shape index (κ1) is 38.6. The number of benzene rings is 1. The van der Waals surface area contributed by atoms with Gasteiger partial charge in [0.2, 0.25) is 0 Å². The molecule has 3 heterocycles. The topological polar surface area (TPSA) is 116 Å². The van der Waals surface area contributed by atoms with Gasteiger partial charge in [0.15, 0.2) is 0 Å². The Morgan fingerprint density at radius 1 is 0.980 bits per heavy atom. The number of aliphatic carboxylic acids is 1. The third-order valence-electron chi connectivity index (χ3n) is 10.6. The van der Waals surface area contributed by atoms with Gasteiger partial charge in [-0.15, -0.1) is 0 Å². The molecule has 3 aliphatic heterocycles. The number of carbonyl (C=O) groups is 3. The molecule has 9 nitrogen and oxygen atoms in total. The summed E-state index contributed by atoms with van der Waals surface area (Å²) < 4.78 is 78.9. The molecule has 2 amide bonds. The zero-order chi connectivity index (χ0) is 36.0. The van der Waals surface area contributed by atoms with E-state index in [0.29, 0.717) is 37.8 Å². The maximum absolute atomic E-state index is 13.6. The van der Waals surface area contributed by atoms with Gasteiger partial charge in [-0.3, -0.25) is 9.69 Å². The number of carbonyl (C=O) groups excluding carboxylic acids is 2. The fraction of sp³-hybridized carbons (Fsp3) is 0.735. The average Bonchev–Trinajstić information content (AvgIpc) is 3.05. The lowest BCUT2D eigenvalue weighted by Crippen LogP contribution is -2.61. The van der Waals surface area contributed by atoms with Crippen LogP contribution in [-0.2, 0) is 15.7 Å². The van der Waals surface area contributed by atoms with Crippen molar-refractivity contribution in [3.8, 4) is 0 Å². The Morgan fingerprint density at radius 3 is 2.14 bits per heavy atom. The number of ether oxygens (including phenoxy) is 1. The molecular weight excluding hydrogens is 658 g/mol. The number of alkyl halides is 6. The molecule has 15 heteroatoms. The van der Waals surface area contributed by atoms with Gasteiger partial charge in [-0.2, -0.15) is 26.3 Å². The van der Waals surface area contributed by atoms with E-state index in [1.54, 1.807) is 0 Å². The molecule has 0 aromatic heterocycles. The van der Waals surface area contributed by atoms with E-state index in [9.17, 15) is 35.9 Å². The van der Waals surface area contributed by atoms with Crippen molar-refractivity contribution in [1.82, 2.24) is 14.7 Å². The number of nitrogen functional groups attached to an aromatic ring is 1. The van der Waals surface area contributed by atoms with Crippen LogP contribution in [0.5, 0.6) is 0 Å². The first-order valence-corrected chi connectivity index (χ1v) is 17.3. The van der Waals surface area contributed by atoms with E-state index in [0.717, 1.165) is 64.3 Å². The summed E-state index contributed by atoms with van der Waals surface area (Å²) in [6.45, 7) is 6.24.